The average molecular weight is 446 g/mol. The van der Waals surface area contributed by atoms with Crippen LogP contribution in [0.2, 0.25) is 0 Å². The molecule has 3 heterocycles. The standard InChI is InChI=1S/C27H35N5O/c1-17(2)27(33)30-23-6-5-21-12-20(13-22(21)14-23)16-31-9-7-24(8-10-31)32-19(4)29-25-11-18(3)28-15-26(25)32/h5-6,11,14-15,17,20,24H,7-10,12-13,16H2,1-4H3,(H,30,33)/t20-/m1/s1. The summed E-state index contributed by atoms with van der Waals surface area (Å²) in [6.45, 7) is 11.4. The molecule has 6 heteroatoms. The normalized spacial score (nSPS) is 19.4. The number of likely N-dealkylation sites (tertiary alicyclic amines) is 1. The molecule has 1 amide bonds. The van der Waals surface area contributed by atoms with Gasteiger partial charge in [0, 0.05) is 43.0 Å². The first-order chi connectivity index (χ1) is 15.9. The Morgan fingerprint density at radius 2 is 1.88 bits per heavy atom. The molecule has 0 radical (unpaired) electrons. The van der Waals surface area contributed by atoms with Crippen LogP contribution in [0.4, 0.5) is 5.69 Å². The first-order valence-corrected chi connectivity index (χ1v) is 12.3. The Bertz CT molecular complexity index is 1170. The molecule has 0 bridgehead atoms. The lowest BCUT2D eigenvalue weighted by Gasteiger charge is -2.34. The van der Waals surface area contributed by atoms with Crippen LogP contribution in [-0.2, 0) is 17.6 Å². The monoisotopic (exact) mass is 445 g/mol. The molecule has 0 unspecified atom stereocenters. The van der Waals surface area contributed by atoms with Gasteiger partial charge in [0.15, 0.2) is 0 Å². The summed E-state index contributed by atoms with van der Waals surface area (Å²) in [5.41, 5.74) is 7.04. The number of benzene rings is 1. The first kappa shape index (κ1) is 22.1. The van der Waals surface area contributed by atoms with Gasteiger partial charge in [-0.15, -0.1) is 0 Å². The number of piperidine rings is 1. The van der Waals surface area contributed by atoms with Crippen molar-refractivity contribution in [2.45, 2.75) is 59.4 Å². The minimum atomic E-state index is -0.00147. The van der Waals surface area contributed by atoms with E-state index in [0.29, 0.717) is 12.0 Å². The van der Waals surface area contributed by atoms with E-state index in [1.807, 2.05) is 27.0 Å². The third kappa shape index (κ3) is 4.54. The molecule has 5 rings (SSSR count). The number of rotatable bonds is 5. The smallest absolute Gasteiger partial charge is 0.226 e. The van der Waals surface area contributed by atoms with Crippen LogP contribution in [-0.4, -0.2) is 45.0 Å². The zero-order valence-corrected chi connectivity index (χ0v) is 20.3. The Balaban J connectivity index is 1.18. The molecule has 6 nitrogen and oxygen atoms in total. The Morgan fingerprint density at radius 3 is 2.64 bits per heavy atom. The molecule has 1 atom stereocenters. The third-order valence-electron chi connectivity index (χ3n) is 7.34. The number of hydrogen-bond donors (Lipinski definition) is 1. The van der Waals surface area contributed by atoms with Crippen LogP contribution in [0.25, 0.3) is 11.0 Å². The Kier molecular flexibility index (Phi) is 5.95. The van der Waals surface area contributed by atoms with E-state index in [1.54, 1.807) is 0 Å². The van der Waals surface area contributed by atoms with Gasteiger partial charge in [0.25, 0.3) is 0 Å². The summed E-state index contributed by atoms with van der Waals surface area (Å²) in [5.74, 6) is 1.84. The maximum atomic E-state index is 12.0. The highest BCUT2D eigenvalue weighted by atomic mass is 16.1. The Hall–Kier alpha value is -2.73. The number of fused-ring (bicyclic) bond motifs is 2. The summed E-state index contributed by atoms with van der Waals surface area (Å²) in [6, 6.07) is 9.04. The van der Waals surface area contributed by atoms with Gasteiger partial charge < -0.3 is 14.8 Å². The second kappa shape index (κ2) is 8.90. The molecule has 1 fully saturated rings. The van der Waals surface area contributed by atoms with Crippen molar-refractivity contribution in [3.8, 4) is 0 Å². The van der Waals surface area contributed by atoms with Crippen molar-refractivity contribution in [2.24, 2.45) is 11.8 Å². The lowest BCUT2D eigenvalue weighted by Crippen LogP contribution is -2.38. The molecule has 1 aromatic carbocycles. The van der Waals surface area contributed by atoms with Crippen molar-refractivity contribution >= 4 is 22.6 Å². The van der Waals surface area contributed by atoms with Gasteiger partial charge in [-0.05, 0) is 74.8 Å². The number of nitrogens with zero attached hydrogens (tertiary/aromatic N) is 4. The molecule has 2 aromatic heterocycles. The van der Waals surface area contributed by atoms with Crippen LogP contribution in [0.5, 0.6) is 0 Å². The van der Waals surface area contributed by atoms with E-state index in [-0.39, 0.29) is 11.8 Å². The number of imidazole rings is 1. The number of carbonyl (C=O) groups is 1. The highest BCUT2D eigenvalue weighted by Crippen LogP contribution is 2.32. The average Bonchev–Trinajstić information content (AvgIpc) is 3.32. The van der Waals surface area contributed by atoms with Gasteiger partial charge in [-0.25, -0.2) is 4.98 Å². The highest BCUT2D eigenvalue weighted by Gasteiger charge is 2.28. The first-order valence-electron chi connectivity index (χ1n) is 12.3. The number of carbonyl (C=O) groups excluding carboxylic acids is 1. The SMILES string of the molecule is Cc1cc2nc(C)n(C3CCN(C[C@@H]4Cc5ccc(NC(=O)C(C)C)cc5C4)CC3)c2cn1. The molecule has 3 aromatic rings. The van der Waals surface area contributed by atoms with Crippen LogP contribution in [0.3, 0.4) is 0 Å². The zero-order chi connectivity index (χ0) is 23.1. The van der Waals surface area contributed by atoms with E-state index in [2.05, 4.69) is 51.0 Å². The molecule has 0 spiro atoms. The Labute approximate surface area is 196 Å². The molecule has 1 saturated heterocycles. The molecule has 1 aliphatic carbocycles. The minimum absolute atomic E-state index is 0.00147. The summed E-state index contributed by atoms with van der Waals surface area (Å²) >= 11 is 0. The van der Waals surface area contributed by atoms with E-state index in [0.717, 1.165) is 68.0 Å². The van der Waals surface area contributed by atoms with E-state index in [9.17, 15) is 4.79 Å². The van der Waals surface area contributed by atoms with Gasteiger partial charge >= 0.3 is 0 Å². The fraction of sp³-hybridized carbons (Fsp3) is 0.519. The van der Waals surface area contributed by atoms with Gasteiger partial charge in [-0.2, -0.15) is 0 Å². The molecule has 1 N–H and O–H groups in total. The lowest BCUT2D eigenvalue weighted by molar-refractivity contribution is -0.118. The van der Waals surface area contributed by atoms with Gasteiger partial charge in [0.05, 0.1) is 17.2 Å². The topological polar surface area (TPSA) is 63.1 Å². The number of amides is 1. The van der Waals surface area contributed by atoms with E-state index >= 15 is 0 Å². The predicted molar refractivity (Wildman–Crippen MR) is 133 cm³/mol. The summed E-state index contributed by atoms with van der Waals surface area (Å²) in [4.78, 5) is 24.0. The van der Waals surface area contributed by atoms with Crippen molar-refractivity contribution in [3.63, 3.8) is 0 Å². The van der Waals surface area contributed by atoms with Gasteiger partial charge in [0.1, 0.15) is 5.82 Å². The molecule has 1 aliphatic heterocycles. The van der Waals surface area contributed by atoms with Crippen LogP contribution in [0, 0.1) is 25.7 Å². The molecule has 33 heavy (non-hydrogen) atoms. The second-order valence-corrected chi connectivity index (χ2v) is 10.3. The highest BCUT2D eigenvalue weighted by molar-refractivity contribution is 5.92. The summed E-state index contributed by atoms with van der Waals surface area (Å²) in [7, 11) is 0. The maximum absolute atomic E-state index is 12.0. The number of nitrogens with one attached hydrogen (secondary N) is 1. The molecule has 2 aliphatic rings. The summed E-state index contributed by atoms with van der Waals surface area (Å²) < 4.78 is 2.41. The van der Waals surface area contributed by atoms with Crippen LogP contribution < -0.4 is 5.32 Å². The number of aromatic nitrogens is 3. The van der Waals surface area contributed by atoms with Crippen LogP contribution in [0.15, 0.2) is 30.5 Å². The van der Waals surface area contributed by atoms with Crippen molar-refractivity contribution < 1.29 is 4.79 Å². The number of hydrogen-bond acceptors (Lipinski definition) is 4. The molecule has 0 saturated carbocycles. The molecular formula is C27H35N5O. The summed E-state index contributed by atoms with van der Waals surface area (Å²) in [5, 5.41) is 3.04. The lowest BCUT2D eigenvalue weighted by atomic mass is 10.0. The quantitative estimate of drug-likeness (QED) is 0.619. The molecular weight excluding hydrogens is 410 g/mol. The van der Waals surface area contributed by atoms with Gasteiger partial charge in [0.2, 0.25) is 5.91 Å². The second-order valence-electron chi connectivity index (χ2n) is 10.3. The van der Waals surface area contributed by atoms with Crippen LogP contribution in [0.1, 0.15) is 55.4 Å². The fourth-order valence-electron chi connectivity index (χ4n) is 5.60. The predicted octanol–water partition coefficient (Wildman–Crippen LogP) is 4.69. The third-order valence-corrected chi connectivity index (χ3v) is 7.34. The van der Waals surface area contributed by atoms with Crippen LogP contribution >= 0.6 is 0 Å². The fourth-order valence-corrected chi connectivity index (χ4v) is 5.60. The van der Waals surface area contributed by atoms with Gasteiger partial charge in [-0.1, -0.05) is 19.9 Å². The van der Waals surface area contributed by atoms with E-state index in [4.69, 9.17) is 4.98 Å². The Morgan fingerprint density at radius 1 is 1.12 bits per heavy atom. The maximum Gasteiger partial charge on any atom is 0.226 e. The number of aryl methyl sites for hydroxylation is 2. The van der Waals surface area contributed by atoms with Crippen molar-refractivity contribution in [2.75, 3.05) is 25.0 Å². The minimum Gasteiger partial charge on any atom is -0.326 e. The van der Waals surface area contributed by atoms with Crippen molar-refractivity contribution in [3.05, 3.63) is 53.1 Å². The van der Waals surface area contributed by atoms with E-state index < -0.39 is 0 Å². The summed E-state index contributed by atoms with van der Waals surface area (Å²) in [6.07, 6.45) is 6.56. The largest absolute Gasteiger partial charge is 0.326 e. The van der Waals surface area contributed by atoms with E-state index in [1.165, 1.54) is 16.6 Å². The van der Waals surface area contributed by atoms with Gasteiger partial charge in [-0.3, -0.25) is 9.78 Å². The van der Waals surface area contributed by atoms with Crippen molar-refractivity contribution in [1.29, 1.82) is 0 Å². The number of anilines is 1. The molecule has 174 valence electrons. The van der Waals surface area contributed by atoms with Crippen molar-refractivity contribution in [1.82, 2.24) is 19.4 Å². The zero-order valence-electron chi connectivity index (χ0n) is 20.3. The number of pyridine rings is 1.